The standard InChI is InChI=1S/C25H35N3O2.C2HF3O2/c29-24(19-8-4-5-9-19)26-23(18-6-2-1-3-7-18)12-13-27-14-21-16-28(17-22(21)15-27)25(30)20-10-11-20;3-2(4,5)1(6)7/h1-3,6-7,19-23H,4-5,8-17H2,(H,26,29);(H,6,7)/t21-,22?,23?;/m0./s1. The summed E-state index contributed by atoms with van der Waals surface area (Å²) in [5, 5.41) is 10.5. The monoisotopic (exact) mass is 523 g/mol. The molecule has 4 fully saturated rings. The Morgan fingerprint density at radius 3 is 2.00 bits per heavy atom. The molecule has 2 saturated carbocycles. The van der Waals surface area contributed by atoms with Crippen LogP contribution in [0.1, 0.15) is 56.6 Å². The van der Waals surface area contributed by atoms with E-state index in [1.807, 2.05) is 6.07 Å². The van der Waals surface area contributed by atoms with Crippen molar-refractivity contribution in [3.05, 3.63) is 35.9 Å². The molecule has 0 spiro atoms. The van der Waals surface area contributed by atoms with Crippen LogP contribution in [0.5, 0.6) is 0 Å². The molecule has 5 rings (SSSR count). The quantitative estimate of drug-likeness (QED) is 0.567. The SMILES string of the molecule is O=C(NC(CCN1CC2CN(C(=O)C3CC3)C[C@@H]2C1)c1ccccc1)C1CCCC1.O=C(O)C(F)(F)F. The average molecular weight is 524 g/mol. The van der Waals surface area contributed by atoms with Crippen molar-refractivity contribution in [2.24, 2.45) is 23.7 Å². The number of carbonyl (C=O) groups excluding carboxylic acids is 2. The van der Waals surface area contributed by atoms with E-state index in [0.29, 0.717) is 23.7 Å². The second kappa shape index (κ2) is 11.8. The van der Waals surface area contributed by atoms with Crippen molar-refractivity contribution in [2.75, 3.05) is 32.7 Å². The zero-order chi connectivity index (χ0) is 26.6. The summed E-state index contributed by atoms with van der Waals surface area (Å²) >= 11 is 0. The van der Waals surface area contributed by atoms with Gasteiger partial charge in [-0.05, 0) is 49.5 Å². The number of hydrogen-bond donors (Lipinski definition) is 2. The third kappa shape index (κ3) is 7.46. The van der Waals surface area contributed by atoms with Crippen molar-refractivity contribution < 1.29 is 32.7 Å². The minimum absolute atomic E-state index is 0.0904. The van der Waals surface area contributed by atoms with Gasteiger partial charge >= 0.3 is 12.1 Å². The van der Waals surface area contributed by atoms with Gasteiger partial charge in [-0.25, -0.2) is 4.79 Å². The number of hydrogen-bond acceptors (Lipinski definition) is 4. The zero-order valence-electron chi connectivity index (χ0n) is 21.0. The van der Waals surface area contributed by atoms with E-state index < -0.39 is 12.1 Å². The maximum Gasteiger partial charge on any atom is 0.490 e. The van der Waals surface area contributed by atoms with Crippen molar-refractivity contribution in [2.45, 2.75) is 57.2 Å². The maximum absolute atomic E-state index is 12.8. The van der Waals surface area contributed by atoms with Crippen LogP contribution >= 0.6 is 0 Å². The predicted octanol–water partition coefficient (Wildman–Crippen LogP) is 3.86. The lowest BCUT2D eigenvalue weighted by molar-refractivity contribution is -0.192. The fourth-order valence-electron chi connectivity index (χ4n) is 5.84. The summed E-state index contributed by atoms with van der Waals surface area (Å²) in [5.41, 5.74) is 1.21. The number of benzene rings is 1. The molecule has 1 aromatic carbocycles. The first kappa shape index (κ1) is 27.4. The van der Waals surface area contributed by atoms with E-state index in [4.69, 9.17) is 9.90 Å². The van der Waals surface area contributed by atoms with E-state index >= 15 is 0 Å². The molecule has 2 heterocycles. The lowest BCUT2D eigenvalue weighted by Crippen LogP contribution is -2.37. The molecule has 0 aromatic heterocycles. The van der Waals surface area contributed by atoms with Crippen LogP contribution in [0.25, 0.3) is 0 Å². The number of rotatable bonds is 7. The van der Waals surface area contributed by atoms with Crippen LogP contribution in [0.3, 0.4) is 0 Å². The lowest BCUT2D eigenvalue weighted by Gasteiger charge is -2.25. The summed E-state index contributed by atoms with van der Waals surface area (Å²) in [6.07, 6.45) is 2.52. The van der Waals surface area contributed by atoms with Gasteiger partial charge in [-0.3, -0.25) is 9.59 Å². The van der Waals surface area contributed by atoms with Gasteiger partial charge < -0.3 is 20.2 Å². The number of aliphatic carboxylic acids is 1. The number of halogens is 3. The molecule has 3 atom stereocenters. The fraction of sp³-hybridized carbons (Fsp3) is 0.667. The number of carboxylic acid groups (broad SMARTS) is 1. The van der Waals surface area contributed by atoms with Crippen molar-refractivity contribution in [1.29, 1.82) is 0 Å². The van der Waals surface area contributed by atoms with Crippen molar-refractivity contribution in [3.63, 3.8) is 0 Å². The van der Waals surface area contributed by atoms with Gasteiger partial charge in [-0.2, -0.15) is 13.2 Å². The summed E-state index contributed by atoms with van der Waals surface area (Å²) in [6, 6.07) is 10.5. The van der Waals surface area contributed by atoms with Crippen LogP contribution < -0.4 is 5.32 Å². The van der Waals surface area contributed by atoms with Crippen molar-refractivity contribution in [3.8, 4) is 0 Å². The van der Waals surface area contributed by atoms with E-state index in [9.17, 15) is 22.8 Å². The van der Waals surface area contributed by atoms with Crippen molar-refractivity contribution in [1.82, 2.24) is 15.1 Å². The molecule has 2 amide bonds. The van der Waals surface area contributed by atoms with E-state index in [1.165, 1.54) is 18.4 Å². The summed E-state index contributed by atoms with van der Waals surface area (Å²) in [6.45, 7) is 5.11. The number of nitrogens with one attached hydrogen (secondary N) is 1. The Bertz CT molecular complexity index is 934. The summed E-state index contributed by atoms with van der Waals surface area (Å²) in [7, 11) is 0. The molecule has 0 bridgehead atoms. The number of alkyl halides is 3. The van der Waals surface area contributed by atoms with Crippen molar-refractivity contribution >= 4 is 17.8 Å². The van der Waals surface area contributed by atoms with Gasteiger partial charge in [0.15, 0.2) is 0 Å². The predicted molar refractivity (Wildman–Crippen MR) is 130 cm³/mol. The minimum atomic E-state index is -5.08. The molecular formula is C27H36F3N3O4. The Morgan fingerprint density at radius 2 is 1.49 bits per heavy atom. The first-order valence-corrected chi connectivity index (χ1v) is 13.3. The smallest absolute Gasteiger partial charge is 0.475 e. The molecule has 2 unspecified atom stereocenters. The third-order valence-corrected chi connectivity index (χ3v) is 8.02. The topological polar surface area (TPSA) is 90.0 Å². The molecule has 2 aliphatic carbocycles. The molecule has 2 aliphatic heterocycles. The summed E-state index contributed by atoms with van der Waals surface area (Å²) < 4.78 is 31.7. The Labute approximate surface area is 215 Å². The van der Waals surface area contributed by atoms with E-state index in [-0.39, 0.29) is 17.9 Å². The second-order valence-corrected chi connectivity index (χ2v) is 10.8. The molecule has 1 aromatic rings. The van der Waals surface area contributed by atoms with Crippen LogP contribution in [0, 0.1) is 23.7 Å². The van der Waals surface area contributed by atoms with E-state index in [2.05, 4.69) is 39.4 Å². The lowest BCUT2D eigenvalue weighted by atomic mass is 10.0. The first-order chi connectivity index (χ1) is 17.6. The highest BCUT2D eigenvalue weighted by Crippen LogP contribution is 2.37. The minimum Gasteiger partial charge on any atom is -0.475 e. The van der Waals surface area contributed by atoms with Crippen LogP contribution in [-0.2, 0) is 14.4 Å². The molecule has 7 nitrogen and oxygen atoms in total. The fourth-order valence-corrected chi connectivity index (χ4v) is 5.84. The van der Waals surface area contributed by atoms with Gasteiger partial charge in [0.25, 0.3) is 0 Å². The third-order valence-electron chi connectivity index (χ3n) is 8.02. The largest absolute Gasteiger partial charge is 0.490 e. The van der Waals surface area contributed by atoms with Gasteiger partial charge in [0.05, 0.1) is 6.04 Å². The Morgan fingerprint density at radius 1 is 0.919 bits per heavy atom. The maximum atomic E-state index is 12.8. The number of carbonyl (C=O) groups is 3. The number of likely N-dealkylation sites (tertiary alicyclic amines) is 2. The average Bonchev–Trinajstić information content (AvgIpc) is 3.24. The molecule has 4 aliphatic rings. The van der Waals surface area contributed by atoms with Crippen LogP contribution in [-0.4, -0.2) is 71.6 Å². The Kier molecular flexibility index (Phi) is 8.77. The Hall–Kier alpha value is -2.62. The van der Waals surface area contributed by atoms with Gasteiger partial charge in [-0.1, -0.05) is 43.2 Å². The normalized spacial score (nSPS) is 24.8. The molecule has 37 heavy (non-hydrogen) atoms. The molecule has 2 saturated heterocycles. The Balaban J connectivity index is 0.000000405. The van der Waals surface area contributed by atoms with Crippen LogP contribution in [0.4, 0.5) is 13.2 Å². The van der Waals surface area contributed by atoms with Gasteiger partial charge in [0, 0.05) is 44.6 Å². The molecular weight excluding hydrogens is 487 g/mol. The van der Waals surface area contributed by atoms with Crippen LogP contribution in [0.15, 0.2) is 30.3 Å². The highest BCUT2D eigenvalue weighted by molar-refractivity contribution is 5.81. The molecule has 0 radical (unpaired) electrons. The zero-order valence-corrected chi connectivity index (χ0v) is 21.0. The highest BCUT2D eigenvalue weighted by atomic mass is 19.4. The van der Waals surface area contributed by atoms with E-state index in [0.717, 1.165) is 64.8 Å². The van der Waals surface area contributed by atoms with Gasteiger partial charge in [-0.15, -0.1) is 0 Å². The molecule has 10 heteroatoms. The summed E-state index contributed by atoms with van der Waals surface area (Å²) in [4.78, 5) is 38.8. The number of nitrogens with zero attached hydrogens (tertiary/aromatic N) is 2. The first-order valence-electron chi connectivity index (χ1n) is 13.3. The molecule has 2 N–H and O–H groups in total. The van der Waals surface area contributed by atoms with Gasteiger partial charge in [0.2, 0.25) is 11.8 Å². The summed E-state index contributed by atoms with van der Waals surface area (Å²) in [5.74, 6) is -0.282. The molecule has 204 valence electrons. The number of amides is 2. The van der Waals surface area contributed by atoms with Crippen LogP contribution in [0.2, 0.25) is 0 Å². The van der Waals surface area contributed by atoms with E-state index in [1.54, 1.807) is 0 Å². The highest BCUT2D eigenvalue weighted by Gasteiger charge is 2.44. The number of fused-ring (bicyclic) bond motifs is 1. The van der Waals surface area contributed by atoms with Gasteiger partial charge in [0.1, 0.15) is 0 Å². The number of carboxylic acids is 1. The second-order valence-electron chi connectivity index (χ2n) is 10.8.